The van der Waals surface area contributed by atoms with Gasteiger partial charge in [-0.15, -0.1) is 19.7 Å². The fourth-order valence-corrected chi connectivity index (χ4v) is 5.25. The van der Waals surface area contributed by atoms with E-state index >= 15 is 0 Å². The van der Waals surface area contributed by atoms with Gasteiger partial charge in [0.1, 0.15) is 0 Å². The Bertz CT molecular complexity index is 265. The monoisotopic (exact) mass is 255 g/mol. The van der Waals surface area contributed by atoms with Crippen LogP contribution in [0.4, 0.5) is 4.79 Å². The van der Waals surface area contributed by atoms with Crippen molar-refractivity contribution in [2.24, 2.45) is 0 Å². The molecule has 0 bridgehead atoms. The van der Waals surface area contributed by atoms with Gasteiger partial charge in [0.2, 0.25) is 8.24 Å². The highest BCUT2D eigenvalue weighted by Crippen LogP contribution is 2.27. The van der Waals surface area contributed by atoms with Crippen LogP contribution in [-0.2, 0) is 4.84 Å². The lowest BCUT2D eigenvalue weighted by Gasteiger charge is -2.37. The molecule has 0 aromatic heterocycles. The van der Waals surface area contributed by atoms with Crippen molar-refractivity contribution in [3.63, 3.8) is 0 Å². The van der Waals surface area contributed by atoms with E-state index in [1.54, 1.807) is 25.2 Å². The van der Waals surface area contributed by atoms with E-state index in [1.165, 1.54) is 0 Å². The van der Waals surface area contributed by atoms with Gasteiger partial charge in [-0.3, -0.25) is 4.84 Å². The lowest BCUT2D eigenvalue weighted by Crippen LogP contribution is -2.54. The largest absolute Gasteiger partial charge is 0.464 e. The molecule has 1 N–H and O–H groups in total. The van der Waals surface area contributed by atoms with Crippen molar-refractivity contribution in [2.75, 3.05) is 6.61 Å². The van der Waals surface area contributed by atoms with Crippen molar-refractivity contribution in [1.82, 2.24) is 4.73 Å². The van der Waals surface area contributed by atoms with E-state index < -0.39 is 14.3 Å². The summed E-state index contributed by atoms with van der Waals surface area (Å²) in [4.78, 5) is 16.6. The van der Waals surface area contributed by atoms with Gasteiger partial charge in [0, 0.05) is 0 Å². The number of hydrogen-bond donors (Lipinski definition) is 1. The number of amides is 1. The van der Waals surface area contributed by atoms with Gasteiger partial charge in [-0.2, -0.15) is 0 Å². The smallest absolute Gasteiger partial charge is 0.422 e. The van der Waals surface area contributed by atoms with E-state index in [4.69, 9.17) is 4.84 Å². The molecule has 0 aliphatic rings. The van der Waals surface area contributed by atoms with Crippen LogP contribution in [0.1, 0.15) is 6.92 Å². The molecule has 0 fully saturated rings. The number of carbonyl (C=O) groups is 1. The highest BCUT2D eigenvalue weighted by molar-refractivity contribution is 6.79. The third-order valence-electron chi connectivity index (χ3n) is 2.44. The van der Waals surface area contributed by atoms with E-state index in [0.29, 0.717) is 24.7 Å². The molecule has 5 heteroatoms. The van der Waals surface area contributed by atoms with Crippen molar-refractivity contribution in [1.29, 1.82) is 0 Å². The quantitative estimate of drug-likeness (QED) is 0.390. The van der Waals surface area contributed by atoms with Gasteiger partial charge in [-0.25, -0.2) is 9.52 Å². The first-order valence-electron chi connectivity index (χ1n) is 5.56. The van der Waals surface area contributed by atoms with Crippen LogP contribution in [0.15, 0.2) is 38.0 Å². The zero-order valence-electron chi connectivity index (χ0n) is 10.4. The first kappa shape index (κ1) is 15.7. The molecule has 0 atom stereocenters. The average molecular weight is 255 g/mol. The minimum Gasteiger partial charge on any atom is -0.464 e. The van der Waals surface area contributed by atoms with Gasteiger partial charge < -0.3 is 5.11 Å². The van der Waals surface area contributed by atoms with Crippen molar-refractivity contribution in [3.8, 4) is 0 Å². The maximum absolute atomic E-state index is 11.3. The molecule has 0 saturated carbocycles. The fraction of sp³-hybridized carbons (Fsp3) is 0.417. The first-order chi connectivity index (χ1) is 8.07. The minimum absolute atomic E-state index is 0.326. The van der Waals surface area contributed by atoms with Crippen molar-refractivity contribution >= 4 is 14.3 Å². The summed E-state index contributed by atoms with van der Waals surface area (Å²) in [6.45, 7) is 13.2. The number of hydrogen-bond acceptors (Lipinski definition) is 2. The van der Waals surface area contributed by atoms with Crippen LogP contribution < -0.4 is 0 Å². The minimum atomic E-state index is -2.35. The van der Waals surface area contributed by atoms with Gasteiger partial charge in [-0.05, 0) is 25.1 Å². The summed E-state index contributed by atoms with van der Waals surface area (Å²) in [7, 11) is -2.35. The maximum atomic E-state index is 11.3. The van der Waals surface area contributed by atoms with Gasteiger partial charge >= 0.3 is 6.09 Å². The summed E-state index contributed by atoms with van der Waals surface area (Å²) in [6.07, 6.45) is 4.18. The Balaban J connectivity index is 5.29. The number of carboxylic acid groups (broad SMARTS) is 1. The molecule has 0 aliphatic carbocycles. The van der Waals surface area contributed by atoms with Crippen LogP contribution in [0.2, 0.25) is 18.1 Å². The standard InChI is InChI=1S/C12H21NO3Si/c1-5-9-17(10-6-2,11-7-3)13(12(14)15)16-8-4/h5-7H,1-3,8-11H2,4H3,(H,14,15). The number of allylic oxidation sites excluding steroid dienone is 3. The second-order valence-electron chi connectivity index (χ2n) is 3.70. The molecule has 0 saturated heterocycles. The molecule has 0 radical (unpaired) electrons. The van der Waals surface area contributed by atoms with Crippen LogP contribution in [0.25, 0.3) is 0 Å². The molecule has 4 nitrogen and oxygen atoms in total. The normalized spacial score (nSPS) is 10.6. The van der Waals surface area contributed by atoms with Crippen molar-refractivity contribution in [3.05, 3.63) is 38.0 Å². The molecule has 0 heterocycles. The molecule has 1 amide bonds. The highest BCUT2D eigenvalue weighted by Gasteiger charge is 2.41. The number of rotatable bonds is 9. The third-order valence-corrected chi connectivity index (χ3v) is 6.76. The Morgan fingerprint density at radius 1 is 1.24 bits per heavy atom. The molecular formula is C12H21NO3Si. The lowest BCUT2D eigenvalue weighted by atomic mass is 10.7. The summed E-state index contributed by atoms with van der Waals surface area (Å²) in [5, 5.41) is 9.25. The predicted octanol–water partition coefficient (Wildman–Crippen LogP) is 3.42. The predicted molar refractivity (Wildman–Crippen MR) is 72.3 cm³/mol. The second-order valence-corrected chi connectivity index (χ2v) is 7.78. The lowest BCUT2D eigenvalue weighted by molar-refractivity contribution is -0.0693. The van der Waals surface area contributed by atoms with E-state index in [-0.39, 0.29) is 0 Å². The third kappa shape index (κ3) is 4.20. The Kier molecular flexibility index (Phi) is 7.25. The number of hydroxylamine groups is 1. The molecule has 0 spiro atoms. The number of nitrogens with zero attached hydrogens (tertiary/aromatic N) is 1. The van der Waals surface area contributed by atoms with Gasteiger partial charge in [-0.1, -0.05) is 18.2 Å². The zero-order valence-corrected chi connectivity index (χ0v) is 11.4. The molecule has 17 heavy (non-hydrogen) atoms. The topological polar surface area (TPSA) is 49.8 Å². The van der Waals surface area contributed by atoms with E-state index in [2.05, 4.69) is 19.7 Å². The second kappa shape index (κ2) is 7.86. The van der Waals surface area contributed by atoms with E-state index in [0.717, 1.165) is 4.73 Å². The summed E-state index contributed by atoms with van der Waals surface area (Å²) < 4.78 is 1.14. The first-order valence-corrected chi connectivity index (χ1v) is 8.13. The summed E-state index contributed by atoms with van der Waals surface area (Å²) in [6, 6.07) is 1.87. The average Bonchev–Trinajstić information content (AvgIpc) is 2.26. The van der Waals surface area contributed by atoms with Crippen LogP contribution >= 0.6 is 0 Å². The Morgan fingerprint density at radius 2 is 1.65 bits per heavy atom. The molecule has 0 rings (SSSR count). The molecule has 0 aromatic rings. The molecule has 0 aliphatic heterocycles. The summed E-state index contributed by atoms with van der Waals surface area (Å²) in [5.41, 5.74) is 0. The van der Waals surface area contributed by atoms with Gasteiger partial charge in [0.15, 0.2) is 0 Å². The fourth-order valence-electron chi connectivity index (χ4n) is 1.83. The van der Waals surface area contributed by atoms with Crippen LogP contribution in [-0.4, -0.2) is 30.8 Å². The Morgan fingerprint density at radius 3 is 1.88 bits per heavy atom. The molecular weight excluding hydrogens is 234 g/mol. The Hall–Kier alpha value is -1.33. The molecule has 0 aromatic carbocycles. The molecule has 96 valence electrons. The van der Waals surface area contributed by atoms with E-state index in [1.807, 2.05) is 0 Å². The molecule has 0 unspecified atom stereocenters. The summed E-state index contributed by atoms with van der Waals surface area (Å²) in [5.74, 6) is 0. The Labute approximate surface area is 104 Å². The van der Waals surface area contributed by atoms with Crippen molar-refractivity contribution < 1.29 is 14.7 Å². The SMILES string of the molecule is C=CC[Si](CC=C)(CC=C)N(OCC)C(=O)O. The summed E-state index contributed by atoms with van der Waals surface area (Å²) >= 11 is 0. The van der Waals surface area contributed by atoms with Crippen molar-refractivity contribution in [2.45, 2.75) is 25.1 Å². The van der Waals surface area contributed by atoms with E-state index in [9.17, 15) is 9.90 Å². The van der Waals surface area contributed by atoms with Crippen LogP contribution in [0.3, 0.4) is 0 Å². The zero-order chi connectivity index (χ0) is 13.3. The van der Waals surface area contributed by atoms with Gasteiger partial charge in [0.05, 0.1) is 6.61 Å². The van der Waals surface area contributed by atoms with Crippen LogP contribution in [0, 0.1) is 0 Å². The van der Waals surface area contributed by atoms with Crippen LogP contribution in [0.5, 0.6) is 0 Å². The highest BCUT2D eigenvalue weighted by atomic mass is 28.3. The van der Waals surface area contributed by atoms with Gasteiger partial charge in [0.25, 0.3) is 0 Å². The maximum Gasteiger partial charge on any atom is 0.422 e.